The molecule has 0 heterocycles. The lowest BCUT2D eigenvalue weighted by molar-refractivity contribution is 0.287. The Kier molecular flexibility index (Phi) is 3.52. The van der Waals surface area contributed by atoms with Crippen molar-refractivity contribution in [3.8, 4) is 0 Å². The molecular weight excluding hydrogens is 162 g/mol. The SMILES string of the molecule is CC(N)COS(=O)(O)=S. The van der Waals surface area contributed by atoms with Gasteiger partial charge in [0, 0.05) is 17.2 Å². The Morgan fingerprint density at radius 1 is 2.00 bits per heavy atom. The van der Waals surface area contributed by atoms with Crippen LogP contribution in [0.2, 0.25) is 0 Å². The maximum atomic E-state index is 10.2. The van der Waals surface area contributed by atoms with Crippen LogP contribution in [0.5, 0.6) is 0 Å². The van der Waals surface area contributed by atoms with Crippen LogP contribution >= 0.6 is 0 Å². The van der Waals surface area contributed by atoms with Crippen molar-refractivity contribution in [1.82, 2.24) is 0 Å². The first kappa shape index (κ1) is 9.25. The van der Waals surface area contributed by atoms with Crippen molar-refractivity contribution in [2.24, 2.45) is 5.73 Å². The standard InChI is InChI=1S/C3H9NO3S2/c1-3(4)2-7-9(5,6)8/h3H,2,4H2,1H3,(H,5,6,8). The predicted molar refractivity (Wildman–Crippen MR) is 37.7 cm³/mol. The molecule has 0 aromatic rings. The molecule has 2 unspecified atom stereocenters. The van der Waals surface area contributed by atoms with Crippen LogP contribution in [-0.4, -0.2) is 21.4 Å². The number of rotatable bonds is 3. The lowest BCUT2D eigenvalue weighted by Crippen LogP contribution is -2.23. The highest BCUT2D eigenvalue weighted by Gasteiger charge is 2.00. The van der Waals surface area contributed by atoms with E-state index in [0.29, 0.717) is 0 Å². The molecule has 0 radical (unpaired) electrons. The van der Waals surface area contributed by atoms with Gasteiger partial charge >= 0.3 is 0 Å². The second kappa shape index (κ2) is 3.43. The van der Waals surface area contributed by atoms with Crippen molar-refractivity contribution >= 4 is 20.2 Å². The Labute approximate surface area is 59.1 Å². The normalized spacial score (nSPS) is 20.8. The van der Waals surface area contributed by atoms with Gasteiger partial charge in [0.2, 0.25) is 0 Å². The van der Waals surface area contributed by atoms with Gasteiger partial charge in [-0.15, -0.1) is 0 Å². The van der Waals surface area contributed by atoms with Gasteiger partial charge in [0.05, 0.1) is 6.61 Å². The summed E-state index contributed by atoms with van der Waals surface area (Å²) in [6.07, 6.45) is 0. The minimum Gasteiger partial charge on any atom is -0.326 e. The van der Waals surface area contributed by atoms with Gasteiger partial charge in [0.1, 0.15) is 0 Å². The highest BCUT2D eigenvalue weighted by atomic mass is 32.9. The van der Waals surface area contributed by atoms with Gasteiger partial charge in [0.15, 0.2) is 0 Å². The van der Waals surface area contributed by atoms with Crippen molar-refractivity contribution in [2.45, 2.75) is 13.0 Å². The first-order valence-corrected chi connectivity index (χ1v) is 4.66. The molecule has 0 saturated carbocycles. The first-order chi connectivity index (χ1) is 3.92. The van der Waals surface area contributed by atoms with Crippen molar-refractivity contribution in [2.75, 3.05) is 6.61 Å². The maximum Gasteiger partial charge on any atom is 0.266 e. The van der Waals surface area contributed by atoms with E-state index in [1.807, 2.05) is 0 Å². The molecule has 0 aromatic heterocycles. The van der Waals surface area contributed by atoms with E-state index in [9.17, 15) is 4.21 Å². The molecule has 0 aliphatic rings. The molecule has 0 aliphatic heterocycles. The number of hydrogen-bond acceptors (Lipinski definition) is 4. The highest BCUT2D eigenvalue weighted by molar-refractivity contribution is 8.27. The molecule has 0 bridgehead atoms. The van der Waals surface area contributed by atoms with E-state index in [2.05, 4.69) is 15.4 Å². The minimum atomic E-state index is -3.47. The van der Waals surface area contributed by atoms with Crippen LogP contribution in [0.4, 0.5) is 0 Å². The molecule has 3 N–H and O–H groups in total. The number of hydrogen-bond donors (Lipinski definition) is 2. The topological polar surface area (TPSA) is 72.5 Å². The minimum absolute atomic E-state index is 0.0127. The van der Waals surface area contributed by atoms with Crippen LogP contribution in [0.15, 0.2) is 0 Å². The molecule has 0 spiro atoms. The summed E-state index contributed by atoms with van der Waals surface area (Å²) in [7, 11) is -3.47. The van der Waals surface area contributed by atoms with Crippen LogP contribution in [0.1, 0.15) is 6.92 Å². The monoisotopic (exact) mass is 171 g/mol. The molecule has 0 saturated heterocycles. The largest absolute Gasteiger partial charge is 0.326 e. The fraction of sp³-hybridized carbons (Fsp3) is 1.00. The van der Waals surface area contributed by atoms with Gasteiger partial charge in [-0.1, -0.05) is 0 Å². The summed E-state index contributed by atoms with van der Waals surface area (Å²) in [4.78, 5) is 0. The molecule has 0 rings (SSSR count). The molecule has 56 valence electrons. The maximum absolute atomic E-state index is 10.2. The second-order valence-corrected chi connectivity index (χ2v) is 4.04. The Morgan fingerprint density at radius 3 is 2.56 bits per heavy atom. The van der Waals surface area contributed by atoms with E-state index >= 15 is 0 Å². The van der Waals surface area contributed by atoms with Crippen molar-refractivity contribution in [3.63, 3.8) is 0 Å². The molecular formula is C3H9NO3S2. The average Bonchev–Trinajstić information content (AvgIpc) is 1.59. The zero-order valence-electron chi connectivity index (χ0n) is 4.94. The average molecular weight is 171 g/mol. The van der Waals surface area contributed by atoms with E-state index in [4.69, 9.17) is 10.3 Å². The van der Waals surface area contributed by atoms with Gasteiger partial charge in [-0.2, -0.15) is 4.21 Å². The summed E-state index contributed by atoms with van der Waals surface area (Å²) in [5, 5.41) is 0. The molecule has 4 nitrogen and oxygen atoms in total. The van der Waals surface area contributed by atoms with E-state index in [0.717, 1.165) is 0 Å². The third-order valence-corrected chi connectivity index (χ3v) is 1.20. The van der Waals surface area contributed by atoms with Crippen molar-refractivity contribution < 1.29 is 12.9 Å². The quantitative estimate of drug-likeness (QED) is 0.598. The van der Waals surface area contributed by atoms with Crippen LogP contribution in [0.3, 0.4) is 0 Å². The van der Waals surface area contributed by atoms with Crippen LogP contribution in [0.25, 0.3) is 0 Å². The number of nitrogens with two attached hydrogens (primary N) is 1. The van der Waals surface area contributed by atoms with Gasteiger partial charge < -0.3 is 5.73 Å². The molecule has 6 heteroatoms. The Bertz CT molecular complexity index is 162. The van der Waals surface area contributed by atoms with Crippen LogP contribution < -0.4 is 5.73 Å². The Hall–Kier alpha value is 0.250. The molecule has 9 heavy (non-hydrogen) atoms. The van der Waals surface area contributed by atoms with E-state index in [-0.39, 0.29) is 12.6 Å². The smallest absolute Gasteiger partial charge is 0.266 e. The van der Waals surface area contributed by atoms with Crippen LogP contribution in [-0.2, 0) is 24.4 Å². The molecule has 2 atom stereocenters. The fourth-order valence-electron chi connectivity index (χ4n) is 0.193. The summed E-state index contributed by atoms with van der Waals surface area (Å²) in [6.45, 7) is 1.67. The first-order valence-electron chi connectivity index (χ1n) is 2.29. The molecule has 0 aromatic carbocycles. The zero-order chi connectivity index (χ0) is 7.49. The van der Waals surface area contributed by atoms with E-state index in [1.54, 1.807) is 6.92 Å². The summed E-state index contributed by atoms with van der Waals surface area (Å²) < 4.78 is 22.8. The molecule has 0 fully saturated rings. The van der Waals surface area contributed by atoms with Gasteiger partial charge in [0.25, 0.3) is 9.05 Å². The fourth-order valence-corrected chi connectivity index (χ4v) is 0.747. The predicted octanol–water partition coefficient (Wildman–Crippen LogP) is -0.515. The van der Waals surface area contributed by atoms with E-state index in [1.165, 1.54) is 0 Å². The lowest BCUT2D eigenvalue weighted by Gasteiger charge is -2.03. The van der Waals surface area contributed by atoms with E-state index < -0.39 is 9.05 Å². The third kappa shape index (κ3) is 8.25. The van der Waals surface area contributed by atoms with Crippen molar-refractivity contribution in [1.29, 1.82) is 0 Å². The second-order valence-electron chi connectivity index (χ2n) is 1.69. The highest BCUT2D eigenvalue weighted by Crippen LogP contribution is 1.87. The Balaban J connectivity index is 3.53. The van der Waals surface area contributed by atoms with Crippen molar-refractivity contribution in [3.05, 3.63) is 0 Å². The zero-order valence-corrected chi connectivity index (χ0v) is 6.58. The summed E-state index contributed by atoms with van der Waals surface area (Å²) >= 11 is 4.01. The summed E-state index contributed by atoms with van der Waals surface area (Å²) in [5.41, 5.74) is 5.19. The third-order valence-electron chi connectivity index (χ3n) is 0.480. The summed E-state index contributed by atoms with van der Waals surface area (Å²) in [6, 6.07) is -0.263. The van der Waals surface area contributed by atoms with Gasteiger partial charge in [-0.05, 0) is 6.92 Å². The Morgan fingerprint density at radius 2 is 2.44 bits per heavy atom. The summed E-state index contributed by atoms with van der Waals surface area (Å²) in [5.74, 6) is 0. The lowest BCUT2D eigenvalue weighted by atomic mass is 10.4. The van der Waals surface area contributed by atoms with Gasteiger partial charge in [-0.3, -0.25) is 8.74 Å². The molecule has 0 aliphatic carbocycles. The molecule has 0 amide bonds. The van der Waals surface area contributed by atoms with Crippen LogP contribution in [0, 0.1) is 0 Å². The van der Waals surface area contributed by atoms with Gasteiger partial charge in [-0.25, -0.2) is 0 Å².